The number of benzene rings is 1. The molecule has 116 valence electrons. The van der Waals surface area contributed by atoms with Gasteiger partial charge in [-0.1, -0.05) is 5.16 Å². The van der Waals surface area contributed by atoms with Crippen molar-refractivity contribution in [2.45, 2.75) is 6.42 Å². The Labute approximate surface area is 126 Å². The third-order valence-electron chi connectivity index (χ3n) is 2.75. The lowest BCUT2D eigenvalue weighted by molar-refractivity contribution is -0.120. The summed E-state index contributed by atoms with van der Waals surface area (Å²) in [6, 6.07) is 5.23. The second kappa shape index (κ2) is 7.07. The molecule has 0 atom stereocenters. The van der Waals surface area contributed by atoms with Crippen molar-refractivity contribution in [3.05, 3.63) is 29.5 Å². The van der Waals surface area contributed by atoms with E-state index in [9.17, 15) is 4.79 Å². The number of hydrogen-bond acceptors (Lipinski definition) is 8. The molecule has 2 aromatic rings. The zero-order chi connectivity index (χ0) is 15.9. The number of aromatic nitrogens is 2. The first kappa shape index (κ1) is 15.3. The molecule has 1 aromatic heterocycles. The topological polar surface area (TPSA) is 125 Å². The number of hydrazone groups is 1. The zero-order valence-electron chi connectivity index (χ0n) is 12.1. The normalized spacial score (nSPS) is 10.6. The van der Waals surface area contributed by atoms with Crippen molar-refractivity contribution in [2.75, 3.05) is 20.0 Å². The third-order valence-corrected chi connectivity index (χ3v) is 2.75. The van der Waals surface area contributed by atoms with E-state index in [-0.39, 0.29) is 17.9 Å². The van der Waals surface area contributed by atoms with Gasteiger partial charge in [-0.25, -0.2) is 10.1 Å². The van der Waals surface area contributed by atoms with E-state index in [1.54, 1.807) is 25.3 Å². The zero-order valence-corrected chi connectivity index (χ0v) is 12.1. The molecule has 0 saturated carbocycles. The highest BCUT2D eigenvalue weighted by Gasteiger charge is 2.11. The van der Waals surface area contributed by atoms with Crippen LogP contribution in [0.15, 0.2) is 27.9 Å². The molecular weight excluding hydrogens is 290 g/mol. The summed E-state index contributed by atoms with van der Waals surface area (Å²) in [7, 11) is 3.10. The predicted octanol–water partition coefficient (Wildman–Crippen LogP) is 0.362. The number of rotatable bonds is 6. The van der Waals surface area contributed by atoms with E-state index in [4.69, 9.17) is 15.2 Å². The number of anilines is 1. The van der Waals surface area contributed by atoms with Gasteiger partial charge < -0.3 is 15.2 Å². The number of nitrogens with zero attached hydrogens (tertiary/aromatic N) is 3. The van der Waals surface area contributed by atoms with Crippen LogP contribution in [0.1, 0.15) is 11.3 Å². The van der Waals surface area contributed by atoms with Gasteiger partial charge in [0.05, 0.1) is 26.9 Å². The van der Waals surface area contributed by atoms with Gasteiger partial charge in [-0.2, -0.15) is 5.10 Å². The largest absolute Gasteiger partial charge is 0.497 e. The molecule has 0 aliphatic heterocycles. The molecule has 3 N–H and O–H groups in total. The van der Waals surface area contributed by atoms with Gasteiger partial charge in [0.15, 0.2) is 5.82 Å². The molecule has 2 rings (SSSR count). The number of nitrogens with two attached hydrogens (primary N) is 1. The maximum atomic E-state index is 11.7. The van der Waals surface area contributed by atoms with Crippen molar-refractivity contribution in [1.82, 2.24) is 15.7 Å². The van der Waals surface area contributed by atoms with E-state index in [1.807, 2.05) is 0 Å². The van der Waals surface area contributed by atoms with Crippen LogP contribution in [-0.4, -0.2) is 36.7 Å². The highest BCUT2D eigenvalue weighted by atomic mass is 16.6. The lowest BCUT2D eigenvalue weighted by atomic mass is 10.2. The Bertz CT molecular complexity index is 683. The Morgan fingerprint density at radius 1 is 1.41 bits per heavy atom. The lowest BCUT2D eigenvalue weighted by Gasteiger charge is -2.06. The molecule has 0 fully saturated rings. The number of ether oxygens (including phenoxy) is 2. The molecule has 1 aromatic carbocycles. The summed E-state index contributed by atoms with van der Waals surface area (Å²) < 4.78 is 14.7. The highest BCUT2D eigenvalue weighted by Crippen LogP contribution is 2.22. The highest BCUT2D eigenvalue weighted by molar-refractivity contribution is 5.86. The van der Waals surface area contributed by atoms with Gasteiger partial charge in [0.1, 0.15) is 17.2 Å². The summed E-state index contributed by atoms with van der Waals surface area (Å²) in [5.41, 5.74) is 8.76. The molecule has 0 spiro atoms. The molecule has 9 heteroatoms. The number of amides is 1. The van der Waals surface area contributed by atoms with Crippen molar-refractivity contribution in [3.8, 4) is 11.5 Å². The van der Waals surface area contributed by atoms with E-state index in [1.165, 1.54) is 13.3 Å². The predicted molar refractivity (Wildman–Crippen MR) is 77.7 cm³/mol. The summed E-state index contributed by atoms with van der Waals surface area (Å²) in [5, 5.41) is 10.7. The summed E-state index contributed by atoms with van der Waals surface area (Å²) in [6.45, 7) is 0. The van der Waals surface area contributed by atoms with Gasteiger partial charge in [-0.3, -0.25) is 4.79 Å². The quantitative estimate of drug-likeness (QED) is 0.583. The van der Waals surface area contributed by atoms with Gasteiger partial charge in [0.25, 0.3) is 0 Å². The Balaban J connectivity index is 1.97. The summed E-state index contributed by atoms with van der Waals surface area (Å²) >= 11 is 0. The van der Waals surface area contributed by atoms with E-state index < -0.39 is 5.91 Å². The minimum Gasteiger partial charge on any atom is -0.497 e. The average Bonchev–Trinajstić information content (AvgIpc) is 2.92. The molecule has 0 aliphatic carbocycles. The minimum atomic E-state index is -0.397. The molecule has 22 heavy (non-hydrogen) atoms. The van der Waals surface area contributed by atoms with Crippen LogP contribution >= 0.6 is 0 Å². The SMILES string of the molecule is COc1ccc(/C=N/NC(=O)Cc2nonc2N)c(OC)c1. The van der Waals surface area contributed by atoms with Crippen molar-refractivity contribution in [3.63, 3.8) is 0 Å². The van der Waals surface area contributed by atoms with Gasteiger partial charge in [-0.15, -0.1) is 0 Å². The molecule has 0 aliphatic rings. The summed E-state index contributed by atoms with van der Waals surface area (Å²) in [5.74, 6) is 0.913. The number of nitrogens with one attached hydrogen (secondary N) is 1. The van der Waals surface area contributed by atoms with Gasteiger partial charge >= 0.3 is 0 Å². The molecule has 1 amide bonds. The maximum absolute atomic E-state index is 11.7. The fraction of sp³-hybridized carbons (Fsp3) is 0.231. The Hall–Kier alpha value is -3.10. The van der Waals surface area contributed by atoms with Gasteiger partial charge in [0, 0.05) is 11.6 Å². The van der Waals surface area contributed by atoms with Crippen LogP contribution in [-0.2, 0) is 11.2 Å². The summed E-state index contributed by atoms with van der Waals surface area (Å²) in [4.78, 5) is 11.7. The first-order chi connectivity index (χ1) is 10.6. The van der Waals surface area contributed by atoms with Crippen molar-refractivity contribution < 1.29 is 18.9 Å². The van der Waals surface area contributed by atoms with E-state index in [2.05, 4.69) is 25.5 Å². The molecule has 0 bridgehead atoms. The number of carbonyl (C=O) groups is 1. The number of methoxy groups -OCH3 is 2. The molecular formula is C13H15N5O4. The molecule has 9 nitrogen and oxygen atoms in total. The van der Waals surface area contributed by atoms with E-state index >= 15 is 0 Å². The number of nitrogen functional groups attached to an aromatic ring is 1. The Morgan fingerprint density at radius 3 is 2.86 bits per heavy atom. The molecule has 0 saturated heterocycles. The second-order valence-corrected chi connectivity index (χ2v) is 4.17. The fourth-order valence-corrected chi connectivity index (χ4v) is 1.63. The van der Waals surface area contributed by atoms with Crippen molar-refractivity contribution >= 4 is 17.9 Å². The van der Waals surface area contributed by atoms with Crippen LogP contribution in [0.2, 0.25) is 0 Å². The molecule has 1 heterocycles. The molecule has 0 radical (unpaired) electrons. The monoisotopic (exact) mass is 305 g/mol. The van der Waals surface area contributed by atoms with Crippen LogP contribution in [0.4, 0.5) is 5.82 Å². The van der Waals surface area contributed by atoms with Gasteiger partial charge in [0.2, 0.25) is 5.91 Å². The lowest BCUT2D eigenvalue weighted by Crippen LogP contribution is -2.20. The van der Waals surface area contributed by atoms with E-state index in [0.717, 1.165) is 0 Å². The average molecular weight is 305 g/mol. The van der Waals surface area contributed by atoms with E-state index in [0.29, 0.717) is 17.1 Å². The van der Waals surface area contributed by atoms with Gasteiger partial charge in [-0.05, 0) is 17.3 Å². The number of hydrogen-bond donors (Lipinski definition) is 2. The third kappa shape index (κ3) is 3.72. The Kier molecular flexibility index (Phi) is 4.91. The molecule has 0 unspecified atom stereocenters. The maximum Gasteiger partial charge on any atom is 0.246 e. The van der Waals surface area contributed by atoms with Crippen LogP contribution < -0.4 is 20.6 Å². The van der Waals surface area contributed by atoms with Crippen LogP contribution in [0, 0.1) is 0 Å². The standard InChI is InChI=1S/C13H15N5O4/c1-20-9-4-3-8(11(5-9)21-2)7-15-16-12(19)6-10-13(14)18-22-17-10/h3-5,7H,6H2,1-2H3,(H2,14,18)(H,16,19)/b15-7+. The van der Waals surface area contributed by atoms with Crippen molar-refractivity contribution in [1.29, 1.82) is 0 Å². The van der Waals surface area contributed by atoms with Crippen molar-refractivity contribution in [2.24, 2.45) is 5.10 Å². The summed E-state index contributed by atoms with van der Waals surface area (Å²) in [6.07, 6.45) is 1.38. The fourth-order valence-electron chi connectivity index (χ4n) is 1.63. The first-order valence-electron chi connectivity index (χ1n) is 6.25. The van der Waals surface area contributed by atoms with Crippen LogP contribution in [0.25, 0.3) is 0 Å². The first-order valence-corrected chi connectivity index (χ1v) is 6.25. The Morgan fingerprint density at radius 2 is 2.23 bits per heavy atom. The number of carbonyl (C=O) groups excluding carboxylic acids is 1. The second-order valence-electron chi connectivity index (χ2n) is 4.17. The minimum absolute atomic E-state index is 0.0770. The smallest absolute Gasteiger partial charge is 0.246 e. The van der Waals surface area contributed by atoms with Crippen LogP contribution in [0.5, 0.6) is 11.5 Å². The van der Waals surface area contributed by atoms with Crippen LogP contribution in [0.3, 0.4) is 0 Å².